The number of hydrogen-bond acceptors (Lipinski definition) is 2. The second kappa shape index (κ2) is 5.96. The first-order chi connectivity index (χ1) is 10.2. The van der Waals surface area contributed by atoms with Gasteiger partial charge in [0, 0.05) is 18.1 Å². The molecule has 2 aliphatic carbocycles. The minimum absolute atomic E-state index is 0.147. The zero-order valence-corrected chi connectivity index (χ0v) is 13.1. The highest BCUT2D eigenvalue weighted by Crippen LogP contribution is 2.54. The summed E-state index contributed by atoms with van der Waals surface area (Å²) in [6.07, 6.45) is 7.66. The molecule has 2 saturated carbocycles. The average molecular weight is 291 g/mol. The van der Waals surface area contributed by atoms with Crippen LogP contribution >= 0.6 is 0 Å². The lowest BCUT2D eigenvalue weighted by Crippen LogP contribution is -2.62. The first-order valence-electron chi connectivity index (χ1n) is 8.30. The molecule has 3 heteroatoms. The highest BCUT2D eigenvalue weighted by molar-refractivity contribution is 5.49. The van der Waals surface area contributed by atoms with Gasteiger partial charge >= 0.3 is 0 Å². The molecule has 0 saturated heterocycles. The molecule has 2 fully saturated rings. The van der Waals surface area contributed by atoms with Gasteiger partial charge in [-0.15, -0.1) is 0 Å². The quantitative estimate of drug-likeness (QED) is 0.870. The van der Waals surface area contributed by atoms with E-state index in [0.717, 1.165) is 18.6 Å². The van der Waals surface area contributed by atoms with Crippen molar-refractivity contribution in [1.82, 2.24) is 0 Å². The van der Waals surface area contributed by atoms with E-state index in [1.807, 2.05) is 19.1 Å². The Balaban J connectivity index is 1.77. The van der Waals surface area contributed by atoms with E-state index in [1.54, 1.807) is 6.07 Å². The van der Waals surface area contributed by atoms with Crippen molar-refractivity contribution < 1.29 is 9.13 Å². The van der Waals surface area contributed by atoms with Crippen molar-refractivity contribution in [2.45, 2.75) is 64.5 Å². The fraction of sp³-hybridized carbons (Fsp3) is 0.667. The molecule has 0 aliphatic heterocycles. The van der Waals surface area contributed by atoms with Gasteiger partial charge in [-0.2, -0.15) is 0 Å². The molecule has 3 rings (SSSR count). The molecule has 116 valence electrons. The number of anilines is 1. The van der Waals surface area contributed by atoms with E-state index < -0.39 is 0 Å². The summed E-state index contributed by atoms with van der Waals surface area (Å²) in [6, 6.07) is 5.65. The van der Waals surface area contributed by atoms with Crippen molar-refractivity contribution in [3.8, 4) is 0 Å². The first kappa shape index (κ1) is 14.8. The van der Waals surface area contributed by atoms with E-state index in [-0.39, 0.29) is 11.2 Å². The van der Waals surface area contributed by atoms with Crippen LogP contribution in [-0.2, 0) is 4.74 Å². The minimum Gasteiger partial charge on any atom is -0.379 e. The van der Waals surface area contributed by atoms with Gasteiger partial charge in [-0.25, -0.2) is 4.39 Å². The molecule has 0 aromatic heterocycles. The Morgan fingerprint density at radius 1 is 1.29 bits per heavy atom. The van der Waals surface area contributed by atoms with E-state index >= 15 is 0 Å². The van der Waals surface area contributed by atoms with Gasteiger partial charge in [0.15, 0.2) is 0 Å². The number of halogens is 1. The number of aryl methyl sites for hydroxylation is 1. The third-order valence-corrected chi connectivity index (χ3v) is 5.39. The van der Waals surface area contributed by atoms with Crippen LogP contribution in [0.25, 0.3) is 0 Å². The SMILES string of the molecule is CCOC1CC(Nc2cc(C)ccc2F)C12CCCCC2. The lowest BCUT2D eigenvalue weighted by atomic mass is 9.55. The van der Waals surface area contributed by atoms with Crippen molar-refractivity contribution in [3.05, 3.63) is 29.6 Å². The zero-order chi connectivity index (χ0) is 14.9. The number of benzene rings is 1. The van der Waals surface area contributed by atoms with Gasteiger partial charge in [-0.3, -0.25) is 0 Å². The molecule has 21 heavy (non-hydrogen) atoms. The van der Waals surface area contributed by atoms with Crippen molar-refractivity contribution in [1.29, 1.82) is 0 Å². The van der Waals surface area contributed by atoms with Crippen LogP contribution in [0.5, 0.6) is 0 Å². The van der Waals surface area contributed by atoms with E-state index in [9.17, 15) is 4.39 Å². The van der Waals surface area contributed by atoms with Gasteiger partial charge in [0.1, 0.15) is 5.82 Å². The molecule has 0 amide bonds. The third-order valence-electron chi connectivity index (χ3n) is 5.39. The van der Waals surface area contributed by atoms with Crippen LogP contribution < -0.4 is 5.32 Å². The van der Waals surface area contributed by atoms with E-state index in [1.165, 1.54) is 32.1 Å². The highest BCUT2D eigenvalue weighted by Gasteiger charge is 2.55. The van der Waals surface area contributed by atoms with Crippen LogP contribution in [0.4, 0.5) is 10.1 Å². The Morgan fingerprint density at radius 2 is 2.05 bits per heavy atom. The highest BCUT2D eigenvalue weighted by atomic mass is 19.1. The Bertz CT molecular complexity index is 496. The van der Waals surface area contributed by atoms with Gasteiger partial charge in [-0.05, 0) is 50.8 Å². The van der Waals surface area contributed by atoms with Crippen molar-refractivity contribution >= 4 is 5.69 Å². The standard InChI is InChI=1S/C18H26FNO/c1-3-21-17-12-16(18(17)9-5-4-6-10-18)20-15-11-13(2)7-8-14(15)19/h7-8,11,16-17,20H,3-6,9-10,12H2,1-2H3. The summed E-state index contributed by atoms with van der Waals surface area (Å²) >= 11 is 0. The Hall–Kier alpha value is -1.09. The molecule has 0 bridgehead atoms. The molecule has 2 unspecified atom stereocenters. The fourth-order valence-electron chi connectivity index (χ4n) is 4.20. The number of nitrogens with one attached hydrogen (secondary N) is 1. The van der Waals surface area contributed by atoms with Crippen LogP contribution in [0.2, 0.25) is 0 Å². The van der Waals surface area contributed by atoms with Gasteiger partial charge in [0.05, 0.1) is 11.8 Å². The summed E-state index contributed by atoms with van der Waals surface area (Å²) in [5.74, 6) is -0.147. The molecule has 2 atom stereocenters. The summed E-state index contributed by atoms with van der Waals surface area (Å²) in [5, 5.41) is 3.48. The Morgan fingerprint density at radius 3 is 2.76 bits per heavy atom. The second-order valence-corrected chi connectivity index (χ2v) is 6.65. The molecule has 0 radical (unpaired) electrons. The molecule has 1 aromatic carbocycles. The van der Waals surface area contributed by atoms with E-state index in [2.05, 4.69) is 12.2 Å². The average Bonchev–Trinajstić information content (AvgIpc) is 2.50. The molecular formula is C18H26FNO. The fourth-order valence-corrected chi connectivity index (χ4v) is 4.20. The number of ether oxygens (including phenoxy) is 1. The summed E-state index contributed by atoms with van der Waals surface area (Å²) in [7, 11) is 0. The normalized spacial score (nSPS) is 27.4. The van der Waals surface area contributed by atoms with Crippen molar-refractivity contribution in [2.24, 2.45) is 5.41 Å². The molecule has 1 spiro atoms. The zero-order valence-electron chi connectivity index (χ0n) is 13.1. The molecule has 1 N–H and O–H groups in total. The summed E-state index contributed by atoms with van der Waals surface area (Å²) in [5.41, 5.74) is 1.97. The lowest BCUT2D eigenvalue weighted by Gasteiger charge is -2.58. The molecule has 2 aliphatic rings. The summed E-state index contributed by atoms with van der Waals surface area (Å²) < 4.78 is 20.0. The monoisotopic (exact) mass is 291 g/mol. The predicted molar refractivity (Wildman–Crippen MR) is 84.1 cm³/mol. The second-order valence-electron chi connectivity index (χ2n) is 6.65. The van der Waals surface area contributed by atoms with Crippen LogP contribution in [0.1, 0.15) is 51.0 Å². The smallest absolute Gasteiger partial charge is 0.146 e. The predicted octanol–water partition coefficient (Wildman–Crippen LogP) is 4.67. The van der Waals surface area contributed by atoms with Crippen LogP contribution in [0, 0.1) is 18.2 Å². The molecular weight excluding hydrogens is 265 g/mol. The number of rotatable bonds is 4. The largest absolute Gasteiger partial charge is 0.379 e. The topological polar surface area (TPSA) is 21.3 Å². The van der Waals surface area contributed by atoms with E-state index in [0.29, 0.717) is 17.8 Å². The lowest BCUT2D eigenvalue weighted by molar-refractivity contribution is -0.134. The molecule has 1 aromatic rings. The van der Waals surface area contributed by atoms with Gasteiger partial charge in [-0.1, -0.05) is 25.3 Å². The summed E-state index contributed by atoms with van der Waals surface area (Å²) in [4.78, 5) is 0. The van der Waals surface area contributed by atoms with Crippen LogP contribution in [0.3, 0.4) is 0 Å². The van der Waals surface area contributed by atoms with Crippen LogP contribution in [0.15, 0.2) is 18.2 Å². The Labute approximate surface area is 127 Å². The molecule has 2 nitrogen and oxygen atoms in total. The first-order valence-corrected chi connectivity index (χ1v) is 8.30. The van der Waals surface area contributed by atoms with Gasteiger partial charge < -0.3 is 10.1 Å². The third kappa shape index (κ3) is 2.68. The maximum absolute atomic E-state index is 14.0. The minimum atomic E-state index is -0.147. The molecule has 0 heterocycles. The summed E-state index contributed by atoms with van der Waals surface area (Å²) in [6.45, 7) is 4.85. The van der Waals surface area contributed by atoms with Gasteiger partial charge in [0.2, 0.25) is 0 Å². The number of hydrogen-bond donors (Lipinski definition) is 1. The van der Waals surface area contributed by atoms with Crippen molar-refractivity contribution in [3.63, 3.8) is 0 Å². The van der Waals surface area contributed by atoms with Crippen molar-refractivity contribution in [2.75, 3.05) is 11.9 Å². The van der Waals surface area contributed by atoms with Gasteiger partial charge in [0.25, 0.3) is 0 Å². The Kier molecular flexibility index (Phi) is 4.21. The van der Waals surface area contributed by atoms with Crippen LogP contribution in [-0.4, -0.2) is 18.8 Å². The van der Waals surface area contributed by atoms with E-state index in [4.69, 9.17) is 4.74 Å². The maximum Gasteiger partial charge on any atom is 0.146 e. The maximum atomic E-state index is 14.0.